The van der Waals surface area contributed by atoms with Gasteiger partial charge in [0.1, 0.15) is 0 Å². The largest absolute Gasteiger partial charge is 0.369 e. The van der Waals surface area contributed by atoms with Crippen molar-refractivity contribution in [3.8, 4) is 0 Å². The molecule has 1 aliphatic heterocycles. The number of nitrogens with zero attached hydrogens (tertiary/aromatic N) is 5. The maximum absolute atomic E-state index is 11.9. The Morgan fingerprint density at radius 2 is 2.12 bits per heavy atom. The van der Waals surface area contributed by atoms with E-state index in [0.717, 1.165) is 32.7 Å². The predicted molar refractivity (Wildman–Crippen MR) is 90.5 cm³/mol. The van der Waals surface area contributed by atoms with Crippen LogP contribution in [-0.2, 0) is 11.3 Å². The highest BCUT2D eigenvalue weighted by Gasteiger charge is 2.17. The van der Waals surface area contributed by atoms with Crippen LogP contribution in [0.25, 0.3) is 0 Å². The molecule has 24 heavy (non-hydrogen) atoms. The van der Waals surface area contributed by atoms with Crippen LogP contribution in [0.2, 0.25) is 0 Å². The average molecular weight is 329 g/mol. The topological polar surface area (TPSA) is 90.0 Å². The molecule has 2 aromatic rings. The van der Waals surface area contributed by atoms with Crippen molar-refractivity contribution in [3.05, 3.63) is 35.7 Å². The number of hydrogen-bond donors (Lipinski definition) is 2. The van der Waals surface area contributed by atoms with E-state index in [0.29, 0.717) is 18.8 Å². The van der Waals surface area contributed by atoms with Gasteiger partial charge in [0.2, 0.25) is 5.91 Å². The summed E-state index contributed by atoms with van der Waals surface area (Å²) in [5, 5.41) is 16.2. The standard InChI is InChI=1S/C16H23N7O/c1-13-3-2-4-14(11-13)23-9-7-22(8-10-23)6-5-16(24)17-12-15-18-20-21-19-15/h2-4,11H,5-10,12H2,1H3,(H,17,24)(H,18,19,20,21). The van der Waals surface area contributed by atoms with E-state index in [1.54, 1.807) is 0 Å². The molecule has 0 radical (unpaired) electrons. The van der Waals surface area contributed by atoms with E-state index in [9.17, 15) is 4.79 Å². The van der Waals surface area contributed by atoms with Crippen LogP contribution in [0, 0.1) is 6.92 Å². The van der Waals surface area contributed by atoms with Crippen LogP contribution in [0.1, 0.15) is 17.8 Å². The fourth-order valence-corrected chi connectivity index (χ4v) is 2.84. The summed E-state index contributed by atoms with van der Waals surface area (Å²) in [4.78, 5) is 16.6. The third kappa shape index (κ3) is 4.51. The Labute approximate surface area is 141 Å². The second kappa shape index (κ2) is 7.87. The first kappa shape index (κ1) is 16.4. The molecule has 2 heterocycles. The first-order chi connectivity index (χ1) is 11.7. The van der Waals surface area contributed by atoms with Crippen molar-refractivity contribution in [1.29, 1.82) is 0 Å². The van der Waals surface area contributed by atoms with Crippen molar-refractivity contribution in [2.75, 3.05) is 37.6 Å². The minimum Gasteiger partial charge on any atom is -0.369 e. The number of rotatable bonds is 6. The zero-order valence-electron chi connectivity index (χ0n) is 13.9. The summed E-state index contributed by atoms with van der Waals surface area (Å²) in [7, 11) is 0. The van der Waals surface area contributed by atoms with E-state index in [1.807, 2.05) is 0 Å². The minimum absolute atomic E-state index is 0.0147. The maximum Gasteiger partial charge on any atom is 0.221 e. The van der Waals surface area contributed by atoms with Gasteiger partial charge in [0, 0.05) is 44.8 Å². The predicted octanol–water partition coefficient (Wildman–Crippen LogP) is 0.337. The fourth-order valence-electron chi connectivity index (χ4n) is 2.84. The van der Waals surface area contributed by atoms with Gasteiger partial charge in [-0.05, 0) is 24.6 Å². The molecular formula is C16H23N7O. The van der Waals surface area contributed by atoms with Crippen LogP contribution < -0.4 is 10.2 Å². The first-order valence-electron chi connectivity index (χ1n) is 8.24. The number of carbonyl (C=O) groups excluding carboxylic acids is 1. The second-order valence-electron chi connectivity index (χ2n) is 6.02. The van der Waals surface area contributed by atoms with Gasteiger partial charge in [-0.1, -0.05) is 17.3 Å². The van der Waals surface area contributed by atoms with Crippen molar-refractivity contribution in [3.63, 3.8) is 0 Å². The Kier molecular flexibility index (Phi) is 5.37. The van der Waals surface area contributed by atoms with E-state index < -0.39 is 0 Å². The van der Waals surface area contributed by atoms with E-state index in [-0.39, 0.29) is 5.91 Å². The molecule has 0 saturated carbocycles. The molecule has 1 aliphatic rings. The zero-order valence-corrected chi connectivity index (χ0v) is 13.9. The molecule has 1 aromatic carbocycles. The summed E-state index contributed by atoms with van der Waals surface area (Å²) < 4.78 is 0. The molecule has 1 amide bonds. The van der Waals surface area contributed by atoms with Gasteiger partial charge in [0.25, 0.3) is 0 Å². The van der Waals surface area contributed by atoms with Gasteiger partial charge in [0.05, 0.1) is 6.54 Å². The van der Waals surface area contributed by atoms with E-state index in [4.69, 9.17) is 0 Å². The molecule has 0 aliphatic carbocycles. The van der Waals surface area contributed by atoms with E-state index >= 15 is 0 Å². The number of aromatic amines is 1. The van der Waals surface area contributed by atoms with Gasteiger partial charge in [-0.25, -0.2) is 0 Å². The highest BCUT2D eigenvalue weighted by Crippen LogP contribution is 2.17. The highest BCUT2D eigenvalue weighted by atomic mass is 16.1. The number of aromatic nitrogens is 4. The maximum atomic E-state index is 11.9. The van der Waals surface area contributed by atoms with Gasteiger partial charge in [-0.2, -0.15) is 5.21 Å². The summed E-state index contributed by atoms with van der Waals surface area (Å²) in [6.07, 6.45) is 0.488. The molecule has 8 heteroatoms. The molecule has 2 N–H and O–H groups in total. The molecule has 0 atom stereocenters. The van der Waals surface area contributed by atoms with Crippen LogP contribution >= 0.6 is 0 Å². The molecule has 0 spiro atoms. The summed E-state index contributed by atoms with van der Waals surface area (Å²) in [6, 6.07) is 8.60. The number of nitrogens with one attached hydrogen (secondary N) is 2. The average Bonchev–Trinajstić information content (AvgIpc) is 3.12. The number of aryl methyl sites for hydroxylation is 1. The SMILES string of the molecule is Cc1cccc(N2CCN(CCC(=O)NCc3nn[nH]n3)CC2)c1. The lowest BCUT2D eigenvalue weighted by molar-refractivity contribution is -0.121. The lowest BCUT2D eigenvalue weighted by atomic mass is 10.2. The number of anilines is 1. The minimum atomic E-state index is 0.0147. The number of tetrazole rings is 1. The highest BCUT2D eigenvalue weighted by molar-refractivity contribution is 5.75. The number of amides is 1. The van der Waals surface area contributed by atoms with Gasteiger partial charge in [-0.15, -0.1) is 10.2 Å². The Morgan fingerprint density at radius 3 is 2.83 bits per heavy atom. The Bertz CT molecular complexity index is 650. The van der Waals surface area contributed by atoms with Crippen LogP contribution in [0.5, 0.6) is 0 Å². The van der Waals surface area contributed by atoms with E-state index in [1.165, 1.54) is 11.3 Å². The first-order valence-corrected chi connectivity index (χ1v) is 8.24. The number of piperazine rings is 1. The van der Waals surface area contributed by atoms with Gasteiger partial charge < -0.3 is 10.2 Å². The number of benzene rings is 1. The fraction of sp³-hybridized carbons (Fsp3) is 0.500. The lowest BCUT2D eigenvalue weighted by Gasteiger charge is -2.36. The molecular weight excluding hydrogens is 306 g/mol. The third-order valence-corrected chi connectivity index (χ3v) is 4.23. The molecule has 3 rings (SSSR count). The Hall–Kier alpha value is -2.48. The summed E-state index contributed by atoms with van der Waals surface area (Å²) in [5.41, 5.74) is 2.57. The molecule has 128 valence electrons. The van der Waals surface area contributed by atoms with Crippen molar-refractivity contribution < 1.29 is 4.79 Å². The number of H-pyrrole nitrogens is 1. The normalized spacial score (nSPS) is 15.5. The van der Waals surface area contributed by atoms with Gasteiger partial charge in [0.15, 0.2) is 5.82 Å². The molecule has 1 aromatic heterocycles. The second-order valence-corrected chi connectivity index (χ2v) is 6.02. The van der Waals surface area contributed by atoms with Crippen LogP contribution in [0.4, 0.5) is 5.69 Å². The van der Waals surface area contributed by atoms with Crippen LogP contribution in [0.15, 0.2) is 24.3 Å². The van der Waals surface area contributed by atoms with Crippen molar-refractivity contribution in [2.45, 2.75) is 19.9 Å². The molecule has 0 bridgehead atoms. The van der Waals surface area contributed by atoms with Crippen molar-refractivity contribution in [1.82, 2.24) is 30.8 Å². The summed E-state index contributed by atoms with van der Waals surface area (Å²) >= 11 is 0. The van der Waals surface area contributed by atoms with Gasteiger partial charge >= 0.3 is 0 Å². The Morgan fingerprint density at radius 1 is 1.29 bits per heavy atom. The van der Waals surface area contributed by atoms with Crippen LogP contribution in [0.3, 0.4) is 0 Å². The summed E-state index contributed by atoms with van der Waals surface area (Å²) in [5.74, 6) is 0.510. The number of hydrogen-bond acceptors (Lipinski definition) is 6. The quantitative estimate of drug-likeness (QED) is 0.794. The lowest BCUT2D eigenvalue weighted by Crippen LogP contribution is -2.47. The zero-order chi connectivity index (χ0) is 16.8. The number of carbonyl (C=O) groups is 1. The monoisotopic (exact) mass is 329 g/mol. The Balaban J connectivity index is 1.37. The van der Waals surface area contributed by atoms with E-state index in [2.05, 4.69) is 66.9 Å². The molecule has 0 unspecified atom stereocenters. The molecule has 1 fully saturated rings. The molecule has 8 nitrogen and oxygen atoms in total. The smallest absolute Gasteiger partial charge is 0.221 e. The third-order valence-electron chi connectivity index (χ3n) is 4.23. The van der Waals surface area contributed by atoms with Gasteiger partial charge in [-0.3, -0.25) is 9.69 Å². The summed E-state index contributed by atoms with van der Waals surface area (Å²) in [6.45, 7) is 7.16. The van der Waals surface area contributed by atoms with Crippen molar-refractivity contribution >= 4 is 11.6 Å². The molecule has 1 saturated heterocycles. The van der Waals surface area contributed by atoms with Crippen molar-refractivity contribution in [2.24, 2.45) is 0 Å². The van der Waals surface area contributed by atoms with Crippen LogP contribution in [-0.4, -0.2) is 64.2 Å².